The van der Waals surface area contributed by atoms with Gasteiger partial charge < -0.3 is 10.2 Å². The quantitative estimate of drug-likeness (QED) is 0.474. The van der Waals surface area contributed by atoms with Crippen molar-refractivity contribution in [1.29, 1.82) is 0 Å². The minimum absolute atomic E-state index is 0.138. The number of amides is 2. The Labute approximate surface area is 210 Å². The van der Waals surface area contributed by atoms with Crippen LogP contribution in [-0.4, -0.2) is 50.5 Å². The second-order valence-corrected chi connectivity index (χ2v) is 10.9. The van der Waals surface area contributed by atoms with Crippen molar-refractivity contribution in [3.63, 3.8) is 0 Å². The highest BCUT2D eigenvalue weighted by atomic mass is 32.2. The molecule has 0 saturated carbocycles. The fourth-order valence-corrected chi connectivity index (χ4v) is 5.11. The monoisotopic (exact) mass is 501 g/mol. The summed E-state index contributed by atoms with van der Waals surface area (Å²) in [5, 5.41) is 2.83. The maximum atomic E-state index is 13.4. The molecule has 0 radical (unpaired) electrons. The molecule has 0 fully saturated rings. The van der Waals surface area contributed by atoms with Gasteiger partial charge in [0.25, 0.3) is 0 Å². The zero-order valence-electron chi connectivity index (χ0n) is 21.8. The van der Waals surface area contributed by atoms with Gasteiger partial charge in [-0.1, -0.05) is 48.9 Å². The average Bonchev–Trinajstić information content (AvgIpc) is 2.79. The van der Waals surface area contributed by atoms with E-state index in [1.165, 1.54) is 10.6 Å². The lowest BCUT2D eigenvalue weighted by Crippen LogP contribution is -2.49. The van der Waals surface area contributed by atoms with Gasteiger partial charge in [0.1, 0.15) is 6.04 Å². The lowest BCUT2D eigenvalue weighted by Gasteiger charge is -2.31. The molecule has 7 nitrogen and oxygen atoms in total. The summed E-state index contributed by atoms with van der Waals surface area (Å²) in [6.07, 6.45) is 2.15. The molecule has 1 unspecified atom stereocenters. The molecule has 0 saturated heterocycles. The van der Waals surface area contributed by atoms with Crippen molar-refractivity contribution in [3.8, 4) is 0 Å². The molecule has 0 aromatic heterocycles. The van der Waals surface area contributed by atoms with E-state index >= 15 is 0 Å². The summed E-state index contributed by atoms with van der Waals surface area (Å²) < 4.78 is 26.5. The highest BCUT2D eigenvalue weighted by Crippen LogP contribution is 2.25. The van der Waals surface area contributed by atoms with Crippen LogP contribution in [0.5, 0.6) is 0 Å². The van der Waals surface area contributed by atoms with Crippen molar-refractivity contribution in [2.75, 3.05) is 23.7 Å². The molecule has 0 spiro atoms. The van der Waals surface area contributed by atoms with Gasteiger partial charge in [0, 0.05) is 26.1 Å². The van der Waals surface area contributed by atoms with E-state index in [-0.39, 0.29) is 24.8 Å². The van der Waals surface area contributed by atoms with E-state index in [0.29, 0.717) is 31.6 Å². The second-order valence-electron chi connectivity index (χ2n) is 8.98. The molecule has 0 aliphatic heterocycles. The number of aryl methyl sites for hydroxylation is 2. The van der Waals surface area contributed by atoms with Gasteiger partial charge in [-0.15, -0.1) is 0 Å². The Hall–Kier alpha value is -2.87. The number of nitrogens with zero attached hydrogens (tertiary/aromatic N) is 2. The predicted octanol–water partition coefficient (Wildman–Crippen LogP) is 4.10. The van der Waals surface area contributed by atoms with Crippen LogP contribution in [0.2, 0.25) is 0 Å². The van der Waals surface area contributed by atoms with Crippen molar-refractivity contribution in [2.24, 2.45) is 0 Å². The molecule has 0 bridgehead atoms. The van der Waals surface area contributed by atoms with Gasteiger partial charge >= 0.3 is 0 Å². The first-order valence-corrected chi connectivity index (χ1v) is 14.0. The molecule has 2 aromatic rings. The van der Waals surface area contributed by atoms with E-state index in [9.17, 15) is 18.0 Å². The molecule has 2 aromatic carbocycles. The molecule has 192 valence electrons. The highest BCUT2D eigenvalue weighted by Gasteiger charge is 2.28. The maximum absolute atomic E-state index is 13.4. The molecule has 1 atom stereocenters. The van der Waals surface area contributed by atoms with E-state index in [0.717, 1.165) is 22.3 Å². The summed E-state index contributed by atoms with van der Waals surface area (Å²) in [7, 11) is -3.53. The van der Waals surface area contributed by atoms with Crippen molar-refractivity contribution in [2.45, 2.75) is 66.5 Å². The highest BCUT2D eigenvalue weighted by molar-refractivity contribution is 7.92. The molecule has 2 amide bonds. The lowest BCUT2D eigenvalue weighted by molar-refractivity contribution is -0.141. The SMILES string of the molecule is CCNC(=O)C(CC)N(Cc1ccc(C)cc1)C(=O)CCCN(c1cccc(C)c1C)S(C)(=O)=O. The van der Waals surface area contributed by atoms with Crippen LogP contribution in [0, 0.1) is 20.8 Å². The Bertz CT molecular complexity index is 1110. The van der Waals surface area contributed by atoms with Gasteiger partial charge in [0.15, 0.2) is 0 Å². The topological polar surface area (TPSA) is 86.8 Å². The molecular formula is C27H39N3O4S. The number of anilines is 1. The number of sulfonamides is 1. The Morgan fingerprint density at radius 2 is 1.66 bits per heavy atom. The Kier molecular flexibility index (Phi) is 10.3. The molecule has 35 heavy (non-hydrogen) atoms. The Balaban J connectivity index is 2.23. The van der Waals surface area contributed by atoms with Crippen LogP contribution in [0.1, 0.15) is 55.4 Å². The molecule has 2 rings (SSSR count). The third-order valence-corrected chi connectivity index (χ3v) is 7.39. The molecule has 0 aliphatic carbocycles. The summed E-state index contributed by atoms with van der Waals surface area (Å²) in [6.45, 7) is 10.6. The van der Waals surface area contributed by atoms with Gasteiger partial charge in [-0.2, -0.15) is 0 Å². The van der Waals surface area contributed by atoms with Gasteiger partial charge in [-0.05, 0) is 63.3 Å². The van der Waals surface area contributed by atoms with E-state index < -0.39 is 16.1 Å². The zero-order valence-corrected chi connectivity index (χ0v) is 22.6. The van der Waals surface area contributed by atoms with E-state index in [4.69, 9.17) is 0 Å². The summed E-state index contributed by atoms with van der Waals surface area (Å²) in [5.74, 6) is -0.346. The van der Waals surface area contributed by atoms with Crippen molar-refractivity contribution in [3.05, 3.63) is 64.7 Å². The van der Waals surface area contributed by atoms with Crippen molar-refractivity contribution >= 4 is 27.5 Å². The Morgan fingerprint density at radius 3 is 2.23 bits per heavy atom. The minimum Gasteiger partial charge on any atom is -0.355 e. The first-order chi connectivity index (χ1) is 16.5. The summed E-state index contributed by atoms with van der Waals surface area (Å²) in [5.41, 5.74) is 4.59. The smallest absolute Gasteiger partial charge is 0.242 e. The summed E-state index contributed by atoms with van der Waals surface area (Å²) in [4.78, 5) is 27.8. The van der Waals surface area contributed by atoms with Gasteiger partial charge in [0.05, 0.1) is 11.9 Å². The summed E-state index contributed by atoms with van der Waals surface area (Å²) >= 11 is 0. The number of hydrogen-bond donors (Lipinski definition) is 1. The second kappa shape index (κ2) is 12.7. The van der Waals surface area contributed by atoms with Crippen LogP contribution in [0.3, 0.4) is 0 Å². The van der Waals surface area contributed by atoms with E-state index in [2.05, 4.69) is 5.32 Å². The van der Waals surface area contributed by atoms with Crippen molar-refractivity contribution in [1.82, 2.24) is 10.2 Å². The predicted molar refractivity (Wildman–Crippen MR) is 142 cm³/mol. The van der Waals surface area contributed by atoms with E-state index in [1.807, 2.05) is 71.0 Å². The standard InChI is InChI=1S/C27H39N3O4S/c1-7-24(27(32)28-8-2)29(19-23-16-14-20(3)15-17-23)26(31)13-10-18-30(35(6,33)34)25-12-9-11-21(4)22(25)5/h9,11-12,14-17,24H,7-8,10,13,18-19H2,1-6H3,(H,28,32). The Morgan fingerprint density at radius 1 is 1.00 bits per heavy atom. The first-order valence-electron chi connectivity index (χ1n) is 12.2. The number of rotatable bonds is 12. The van der Waals surface area contributed by atoms with E-state index in [1.54, 1.807) is 11.0 Å². The van der Waals surface area contributed by atoms with Crippen LogP contribution < -0.4 is 9.62 Å². The number of nitrogens with one attached hydrogen (secondary N) is 1. The number of carbonyl (C=O) groups excluding carboxylic acids is 2. The van der Waals surface area contributed by atoms with Gasteiger partial charge in [-0.3, -0.25) is 13.9 Å². The third-order valence-electron chi connectivity index (χ3n) is 6.21. The zero-order chi connectivity index (χ0) is 26.2. The molecule has 0 aliphatic rings. The van der Waals surface area contributed by atoms with Crippen LogP contribution in [-0.2, 0) is 26.2 Å². The van der Waals surface area contributed by atoms with Crippen molar-refractivity contribution < 1.29 is 18.0 Å². The van der Waals surface area contributed by atoms with Crippen LogP contribution in [0.15, 0.2) is 42.5 Å². The van der Waals surface area contributed by atoms with Gasteiger partial charge in [-0.25, -0.2) is 8.42 Å². The minimum atomic E-state index is -3.53. The number of benzene rings is 2. The number of likely N-dealkylation sites (N-methyl/N-ethyl adjacent to an activating group) is 1. The van der Waals surface area contributed by atoms with Crippen LogP contribution in [0.4, 0.5) is 5.69 Å². The van der Waals surface area contributed by atoms with Gasteiger partial charge in [0.2, 0.25) is 21.8 Å². The molecule has 1 N–H and O–H groups in total. The van der Waals surface area contributed by atoms with Crippen LogP contribution in [0.25, 0.3) is 0 Å². The molecule has 8 heteroatoms. The first kappa shape index (κ1) is 28.4. The lowest BCUT2D eigenvalue weighted by atomic mass is 10.1. The number of hydrogen-bond acceptors (Lipinski definition) is 4. The number of carbonyl (C=O) groups is 2. The molecule has 0 heterocycles. The fourth-order valence-electron chi connectivity index (χ4n) is 4.09. The third kappa shape index (κ3) is 7.82. The average molecular weight is 502 g/mol. The molecular weight excluding hydrogens is 462 g/mol. The normalized spacial score (nSPS) is 12.2. The van der Waals surface area contributed by atoms with Crippen LogP contribution >= 0.6 is 0 Å². The maximum Gasteiger partial charge on any atom is 0.242 e. The fraction of sp³-hybridized carbons (Fsp3) is 0.481. The summed E-state index contributed by atoms with van der Waals surface area (Å²) in [6, 6.07) is 12.9. The largest absolute Gasteiger partial charge is 0.355 e.